The minimum absolute atomic E-state index is 0.212. The predicted octanol–water partition coefficient (Wildman–Crippen LogP) is 3.47. The van der Waals surface area contributed by atoms with Crippen LogP contribution in [0, 0.1) is 12.7 Å². The third kappa shape index (κ3) is 1.60. The largest absolute Gasteiger partial charge is 0.299 e. The molecule has 0 aliphatic heterocycles. The Hall–Kier alpha value is -2.16. The summed E-state index contributed by atoms with van der Waals surface area (Å²) in [5.74, 6) is -0.212. The number of nitrogens with zero attached hydrogens (tertiary/aromatic N) is 2. The van der Waals surface area contributed by atoms with E-state index < -0.39 is 0 Å². The Morgan fingerprint density at radius 2 is 1.94 bits per heavy atom. The number of hydrogen-bond acceptors (Lipinski definition) is 1. The molecule has 0 aliphatic carbocycles. The summed E-state index contributed by atoms with van der Waals surface area (Å²) in [5, 5.41) is 0. The number of benzene rings is 2. The molecule has 2 aromatic carbocycles. The Bertz CT molecular complexity index is 686. The minimum atomic E-state index is -0.212. The van der Waals surface area contributed by atoms with Gasteiger partial charge in [0.2, 0.25) is 0 Å². The van der Waals surface area contributed by atoms with Crippen molar-refractivity contribution >= 4 is 11.0 Å². The Morgan fingerprint density at radius 1 is 1.12 bits per heavy atom. The van der Waals surface area contributed by atoms with Crippen LogP contribution < -0.4 is 0 Å². The van der Waals surface area contributed by atoms with E-state index in [4.69, 9.17) is 0 Å². The van der Waals surface area contributed by atoms with Gasteiger partial charge in [-0.1, -0.05) is 12.1 Å². The molecule has 0 amide bonds. The summed E-state index contributed by atoms with van der Waals surface area (Å²) >= 11 is 0. The molecule has 0 unspecified atom stereocenters. The van der Waals surface area contributed by atoms with Gasteiger partial charge >= 0.3 is 0 Å². The summed E-state index contributed by atoms with van der Waals surface area (Å²) in [6.45, 7) is 1.90. The molecule has 3 rings (SSSR count). The predicted molar refractivity (Wildman–Crippen MR) is 65.8 cm³/mol. The minimum Gasteiger partial charge on any atom is -0.299 e. The Morgan fingerprint density at radius 3 is 2.76 bits per heavy atom. The van der Waals surface area contributed by atoms with Crippen LogP contribution in [0.4, 0.5) is 4.39 Å². The number of fused-ring (bicyclic) bond motifs is 1. The van der Waals surface area contributed by atoms with Gasteiger partial charge in [0.1, 0.15) is 12.1 Å². The smallest absolute Gasteiger partial charge is 0.123 e. The van der Waals surface area contributed by atoms with E-state index >= 15 is 0 Å². The highest BCUT2D eigenvalue weighted by atomic mass is 19.1. The lowest BCUT2D eigenvalue weighted by molar-refractivity contribution is 0.626. The lowest BCUT2D eigenvalue weighted by Crippen LogP contribution is -1.95. The van der Waals surface area contributed by atoms with Gasteiger partial charge in [-0.3, -0.25) is 4.57 Å². The second-order valence-electron chi connectivity index (χ2n) is 4.03. The van der Waals surface area contributed by atoms with Crippen molar-refractivity contribution in [1.29, 1.82) is 0 Å². The number of hydrogen-bond donors (Lipinski definition) is 0. The molecule has 0 fully saturated rings. The van der Waals surface area contributed by atoms with Crippen LogP contribution in [0.25, 0.3) is 16.7 Å². The lowest BCUT2D eigenvalue weighted by Gasteiger charge is -2.07. The van der Waals surface area contributed by atoms with Gasteiger partial charge in [-0.25, -0.2) is 9.37 Å². The monoisotopic (exact) mass is 226 g/mol. The highest BCUT2D eigenvalue weighted by Gasteiger charge is 2.06. The molecule has 3 aromatic rings. The fraction of sp³-hybridized carbons (Fsp3) is 0.0714. The van der Waals surface area contributed by atoms with Crippen LogP contribution in [0.1, 0.15) is 5.56 Å². The molecule has 0 saturated heterocycles. The van der Waals surface area contributed by atoms with Gasteiger partial charge in [0.15, 0.2) is 0 Å². The molecule has 84 valence electrons. The van der Waals surface area contributed by atoms with Crippen LogP contribution in [0.15, 0.2) is 48.8 Å². The second kappa shape index (κ2) is 3.70. The van der Waals surface area contributed by atoms with Crippen molar-refractivity contribution in [2.45, 2.75) is 6.92 Å². The number of aromatic nitrogens is 2. The molecule has 0 saturated carbocycles. The van der Waals surface area contributed by atoms with Gasteiger partial charge in [-0.15, -0.1) is 0 Å². The molecule has 1 heterocycles. The normalized spacial score (nSPS) is 10.9. The van der Waals surface area contributed by atoms with Crippen LogP contribution in [0.2, 0.25) is 0 Å². The van der Waals surface area contributed by atoms with E-state index in [9.17, 15) is 4.39 Å². The second-order valence-corrected chi connectivity index (χ2v) is 4.03. The zero-order valence-electron chi connectivity index (χ0n) is 9.39. The standard InChI is InChI=1S/C14H11FN2/c1-10-8-11(15)6-7-13(10)17-9-16-12-4-2-3-5-14(12)17/h2-9H,1H3. The third-order valence-corrected chi connectivity index (χ3v) is 2.87. The summed E-state index contributed by atoms with van der Waals surface area (Å²) in [6.07, 6.45) is 1.77. The maximum absolute atomic E-state index is 13.1. The molecule has 0 atom stereocenters. The Balaban J connectivity index is 2.27. The zero-order valence-corrected chi connectivity index (χ0v) is 9.39. The number of imidazole rings is 1. The molecule has 0 spiro atoms. The average Bonchev–Trinajstić information content (AvgIpc) is 2.73. The molecule has 17 heavy (non-hydrogen) atoms. The number of rotatable bonds is 1. The van der Waals surface area contributed by atoms with Crippen molar-refractivity contribution in [2.75, 3.05) is 0 Å². The first-order valence-corrected chi connectivity index (χ1v) is 5.44. The van der Waals surface area contributed by atoms with E-state index in [0.717, 1.165) is 22.3 Å². The van der Waals surface area contributed by atoms with Crippen molar-refractivity contribution < 1.29 is 4.39 Å². The topological polar surface area (TPSA) is 17.8 Å². The van der Waals surface area contributed by atoms with Gasteiger partial charge in [0, 0.05) is 0 Å². The first-order chi connectivity index (χ1) is 8.25. The zero-order chi connectivity index (χ0) is 11.8. The summed E-state index contributed by atoms with van der Waals surface area (Å²) < 4.78 is 15.1. The van der Waals surface area contributed by atoms with Crippen molar-refractivity contribution in [3.05, 3.63) is 60.2 Å². The molecular weight excluding hydrogens is 215 g/mol. The van der Waals surface area contributed by atoms with E-state index in [0.29, 0.717) is 0 Å². The van der Waals surface area contributed by atoms with Gasteiger partial charge in [0.05, 0.1) is 16.7 Å². The number of para-hydroxylation sites is 2. The maximum atomic E-state index is 13.1. The van der Waals surface area contributed by atoms with Crippen molar-refractivity contribution in [2.24, 2.45) is 0 Å². The molecule has 2 nitrogen and oxygen atoms in total. The Kier molecular flexibility index (Phi) is 2.18. The lowest BCUT2D eigenvalue weighted by atomic mass is 10.2. The van der Waals surface area contributed by atoms with Gasteiger partial charge in [0.25, 0.3) is 0 Å². The highest BCUT2D eigenvalue weighted by molar-refractivity contribution is 5.77. The molecule has 0 aliphatic rings. The summed E-state index contributed by atoms with van der Waals surface area (Å²) in [4.78, 5) is 4.33. The highest BCUT2D eigenvalue weighted by Crippen LogP contribution is 2.21. The van der Waals surface area contributed by atoms with E-state index in [-0.39, 0.29) is 5.82 Å². The first kappa shape index (κ1) is 10.0. The van der Waals surface area contributed by atoms with Crippen molar-refractivity contribution in [3.8, 4) is 5.69 Å². The van der Waals surface area contributed by atoms with Crippen LogP contribution in [-0.2, 0) is 0 Å². The van der Waals surface area contributed by atoms with E-state index in [1.807, 2.05) is 35.8 Å². The molecular formula is C14H11FN2. The molecule has 0 N–H and O–H groups in total. The fourth-order valence-electron chi connectivity index (χ4n) is 2.04. The van der Waals surface area contributed by atoms with Crippen molar-refractivity contribution in [1.82, 2.24) is 9.55 Å². The Labute approximate surface area is 98.3 Å². The third-order valence-electron chi connectivity index (χ3n) is 2.87. The van der Waals surface area contributed by atoms with E-state index in [1.54, 1.807) is 12.4 Å². The molecule has 3 heteroatoms. The van der Waals surface area contributed by atoms with Crippen LogP contribution in [0.3, 0.4) is 0 Å². The number of aryl methyl sites for hydroxylation is 1. The quantitative estimate of drug-likeness (QED) is 0.621. The summed E-state index contributed by atoms with van der Waals surface area (Å²) in [7, 11) is 0. The first-order valence-electron chi connectivity index (χ1n) is 5.44. The van der Waals surface area contributed by atoms with Crippen molar-refractivity contribution in [3.63, 3.8) is 0 Å². The van der Waals surface area contributed by atoms with E-state index in [1.165, 1.54) is 12.1 Å². The van der Waals surface area contributed by atoms with Gasteiger partial charge < -0.3 is 0 Å². The maximum Gasteiger partial charge on any atom is 0.123 e. The average molecular weight is 226 g/mol. The van der Waals surface area contributed by atoms with E-state index in [2.05, 4.69) is 4.98 Å². The van der Waals surface area contributed by atoms with Crippen LogP contribution in [-0.4, -0.2) is 9.55 Å². The molecule has 1 aromatic heterocycles. The number of halogens is 1. The van der Waals surface area contributed by atoms with Gasteiger partial charge in [-0.2, -0.15) is 0 Å². The summed E-state index contributed by atoms with van der Waals surface area (Å²) in [5.41, 5.74) is 3.83. The van der Waals surface area contributed by atoms with Crippen LogP contribution in [0.5, 0.6) is 0 Å². The SMILES string of the molecule is Cc1cc(F)ccc1-n1cnc2ccccc21. The molecule has 0 radical (unpaired) electrons. The summed E-state index contributed by atoms with van der Waals surface area (Å²) in [6, 6.07) is 12.7. The molecule has 0 bridgehead atoms. The fourth-order valence-corrected chi connectivity index (χ4v) is 2.04. The van der Waals surface area contributed by atoms with Crippen LogP contribution >= 0.6 is 0 Å². The van der Waals surface area contributed by atoms with Gasteiger partial charge in [-0.05, 0) is 42.8 Å².